The molecular formula is C27H30N4O2S. The number of aryl methyl sites for hydroxylation is 2. The Labute approximate surface area is 204 Å². The lowest BCUT2D eigenvalue weighted by molar-refractivity contribution is 0.0628. The third-order valence-corrected chi connectivity index (χ3v) is 8.06. The summed E-state index contributed by atoms with van der Waals surface area (Å²) in [6.45, 7) is 6.16. The van der Waals surface area contributed by atoms with Gasteiger partial charge in [-0.25, -0.2) is 0 Å². The van der Waals surface area contributed by atoms with Crippen LogP contribution in [0.25, 0.3) is 0 Å². The van der Waals surface area contributed by atoms with Crippen molar-refractivity contribution in [3.8, 4) is 0 Å². The Balaban J connectivity index is 1.32. The smallest absolute Gasteiger partial charge is 0.257 e. The molecular weight excluding hydrogens is 444 g/mol. The van der Waals surface area contributed by atoms with Crippen LogP contribution >= 0.6 is 11.3 Å². The zero-order chi connectivity index (χ0) is 23.5. The molecule has 7 heteroatoms. The Hall–Kier alpha value is -3.03. The molecule has 2 aromatic heterocycles. The zero-order valence-corrected chi connectivity index (χ0v) is 20.4. The van der Waals surface area contributed by atoms with E-state index in [0.717, 1.165) is 50.9 Å². The third kappa shape index (κ3) is 4.76. The van der Waals surface area contributed by atoms with Gasteiger partial charge >= 0.3 is 0 Å². The van der Waals surface area contributed by atoms with E-state index in [2.05, 4.69) is 46.4 Å². The van der Waals surface area contributed by atoms with Gasteiger partial charge in [-0.2, -0.15) is 0 Å². The minimum Gasteiger partial charge on any atom is -0.336 e. The highest BCUT2D eigenvalue weighted by Gasteiger charge is 2.31. The van der Waals surface area contributed by atoms with Gasteiger partial charge < -0.3 is 10.2 Å². The topological polar surface area (TPSA) is 65.5 Å². The second-order valence-corrected chi connectivity index (χ2v) is 10.2. The van der Waals surface area contributed by atoms with Gasteiger partial charge in [0, 0.05) is 50.0 Å². The number of anilines is 1. The maximum absolute atomic E-state index is 13.7. The summed E-state index contributed by atoms with van der Waals surface area (Å²) in [7, 11) is 0. The number of benzene rings is 1. The molecule has 1 saturated heterocycles. The van der Waals surface area contributed by atoms with E-state index in [1.807, 2.05) is 4.90 Å². The van der Waals surface area contributed by atoms with Gasteiger partial charge in [0.1, 0.15) is 5.00 Å². The van der Waals surface area contributed by atoms with E-state index in [0.29, 0.717) is 29.2 Å². The highest BCUT2D eigenvalue weighted by Crippen LogP contribution is 2.39. The first-order chi connectivity index (χ1) is 16.6. The van der Waals surface area contributed by atoms with Gasteiger partial charge in [0.15, 0.2) is 0 Å². The minimum atomic E-state index is -0.219. The average molecular weight is 475 g/mol. The van der Waals surface area contributed by atoms with Gasteiger partial charge in [-0.05, 0) is 61.4 Å². The molecule has 3 heterocycles. The van der Waals surface area contributed by atoms with Crippen molar-refractivity contribution < 1.29 is 9.59 Å². The quantitative estimate of drug-likeness (QED) is 0.590. The Morgan fingerprint density at radius 2 is 1.82 bits per heavy atom. The summed E-state index contributed by atoms with van der Waals surface area (Å²) < 4.78 is 0. The van der Waals surface area contributed by atoms with Gasteiger partial charge in [-0.1, -0.05) is 24.3 Å². The molecule has 1 N–H and O–H groups in total. The summed E-state index contributed by atoms with van der Waals surface area (Å²) in [5.41, 5.74) is 5.00. The van der Waals surface area contributed by atoms with Gasteiger partial charge in [0.05, 0.1) is 11.1 Å². The number of carbonyl (C=O) groups is 2. The standard InChI is InChI=1S/C27H30N4O2S/c1-19-7-2-3-8-21(19)18-30-13-15-31(16-14-30)27(33)24-22-10-4-5-11-23(22)34-26(24)29-25(32)20-9-6-12-28-17-20/h2-3,6-9,12,17H,4-5,10-11,13-16,18H2,1H3,(H,29,32). The number of hydrogen-bond donors (Lipinski definition) is 1. The molecule has 0 unspecified atom stereocenters. The van der Waals surface area contributed by atoms with Crippen LogP contribution in [0.2, 0.25) is 0 Å². The fourth-order valence-electron chi connectivity index (χ4n) is 4.85. The maximum Gasteiger partial charge on any atom is 0.257 e. The van der Waals surface area contributed by atoms with Crippen molar-refractivity contribution in [2.24, 2.45) is 0 Å². The molecule has 0 saturated carbocycles. The molecule has 0 radical (unpaired) electrons. The van der Waals surface area contributed by atoms with Crippen molar-refractivity contribution in [3.63, 3.8) is 0 Å². The average Bonchev–Trinajstić information content (AvgIpc) is 3.23. The van der Waals surface area contributed by atoms with Crippen LogP contribution in [0.3, 0.4) is 0 Å². The first-order valence-electron chi connectivity index (χ1n) is 12.0. The minimum absolute atomic E-state index is 0.0522. The maximum atomic E-state index is 13.7. The lowest BCUT2D eigenvalue weighted by Crippen LogP contribution is -2.48. The lowest BCUT2D eigenvalue weighted by atomic mass is 9.95. The monoisotopic (exact) mass is 474 g/mol. The van der Waals surface area contributed by atoms with Crippen molar-refractivity contribution in [2.75, 3.05) is 31.5 Å². The van der Waals surface area contributed by atoms with Crippen LogP contribution in [-0.4, -0.2) is 52.8 Å². The molecule has 0 atom stereocenters. The predicted octanol–water partition coefficient (Wildman–Crippen LogP) is 4.54. The molecule has 0 spiro atoms. The van der Waals surface area contributed by atoms with Crippen molar-refractivity contribution in [2.45, 2.75) is 39.2 Å². The molecule has 5 rings (SSSR count). The van der Waals surface area contributed by atoms with Crippen molar-refractivity contribution >= 4 is 28.2 Å². The lowest BCUT2D eigenvalue weighted by Gasteiger charge is -2.35. The van der Waals surface area contributed by atoms with E-state index in [1.54, 1.807) is 35.9 Å². The highest BCUT2D eigenvalue weighted by atomic mass is 32.1. The summed E-state index contributed by atoms with van der Waals surface area (Å²) in [5, 5.41) is 3.72. The highest BCUT2D eigenvalue weighted by molar-refractivity contribution is 7.17. The molecule has 6 nitrogen and oxygen atoms in total. The van der Waals surface area contributed by atoms with Crippen LogP contribution in [0.5, 0.6) is 0 Å². The van der Waals surface area contributed by atoms with Gasteiger partial charge in [0.25, 0.3) is 11.8 Å². The Kier molecular flexibility index (Phi) is 6.74. The third-order valence-electron chi connectivity index (χ3n) is 6.85. The van der Waals surface area contributed by atoms with E-state index in [1.165, 1.54) is 16.0 Å². The Morgan fingerprint density at radius 1 is 1.03 bits per heavy atom. The summed E-state index contributed by atoms with van der Waals surface area (Å²) >= 11 is 1.57. The second kappa shape index (κ2) is 10.1. The van der Waals surface area contributed by atoms with E-state index in [9.17, 15) is 9.59 Å². The molecule has 1 fully saturated rings. The van der Waals surface area contributed by atoms with Gasteiger partial charge in [-0.15, -0.1) is 11.3 Å². The number of rotatable bonds is 5. The molecule has 176 valence electrons. The number of fused-ring (bicyclic) bond motifs is 1. The van der Waals surface area contributed by atoms with Crippen LogP contribution in [0.1, 0.15) is 55.1 Å². The van der Waals surface area contributed by atoms with Crippen LogP contribution in [0.15, 0.2) is 48.8 Å². The molecule has 3 aromatic rings. The molecule has 34 heavy (non-hydrogen) atoms. The van der Waals surface area contributed by atoms with Crippen LogP contribution in [-0.2, 0) is 19.4 Å². The summed E-state index contributed by atoms with van der Waals surface area (Å²) in [5.74, 6) is -0.166. The molecule has 2 aliphatic rings. The van der Waals surface area contributed by atoms with E-state index in [4.69, 9.17) is 0 Å². The Morgan fingerprint density at radius 3 is 2.59 bits per heavy atom. The number of hydrogen-bond acceptors (Lipinski definition) is 5. The number of amides is 2. The van der Waals surface area contributed by atoms with Crippen LogP contribution in [0.4, 0.5) is 5.00 Å². The van der Waals surface area contributed by atoms with Crippen LogP contribution < -0.4 is 5.32 Å². The largest absolute Gasteiger partial charge is 0.336 e. The molecule has 2 amide bonds. The van der Waals surface area contributed by atoms with Gasteiger partial charge in [0.2, 0.25) is 0 Å². The number of nitrogens with one attached hydrogen (secondary N) is 1. The van der Waals surface area contributed by atoms with Crippen molar-refractivity contribution in [1.29, 1.82) is 0 Å². The van der Waals surface area contributed by atoms with E-state index >= 15 is 0 Å². The summed E-state index contributed by atoms with van der Waals surface area (Å²) in [6, 6.07) is 12.0. The van der Waals surface area contributed by atoms with E-state index < -0.39 is 0 Å². The Bertz CT molecular complexity index is 1180. The molecule has 1 aromatic carbocycles. The fourth-order valence-corrected chi connectivity index (χ4v) is 6.12. The summed E-state index contributed by atoms with van der Waals surface area (Å²) in [4.78, 5) is 36.3. The fraction of sp³-hybridized carbons (Fsp3) is 0.370. The van der Waals surface area contributed by atoms with E-state index in [-0.39, 0.29) is 11.8 Å². The molecule has 0 bridgehead atoms. The second-order valence-electron chi connectivity index (χ2n) is 9.11. The first kappa shape index (κ1) is 22.7. The number of aromatic nitrogens is 1. The van der Waals surface area contributed by atoms with Crippen molar-refractivity contribution in [3.05, 3.63) is 81.5 Å². The number of piperazine rings is 1. The number of nitrogens with zero attached hydrogens (tertiary/aromatic N) is 3. The normalized spacial score (nSPS) is 16.2. The SMILES string of the molecule is Cc1ccccc1CN1CCN(C(=O)c2c(NC(=O)c3cccnc3)sc3c2CCCC3)CC1. The number of thiophene rings is 1. The van der Waals surface area contributed by atoms with Gasteiger partial charge in [-0.3, -0.25) is 19.5 Å². The molecule has 1 aliphatic carbocycles. The van der Waals surface area contributed by atoms with Crippen LogP contribution in [0, 0.1) is 6.92 Å². The zero-order valence-electron chi connectivity index (χ0n) is 19.5. The predicted molar refractivity (Wildman–Crippen MR) is 136 cm³/mol. The number of pyridine rings is 1. The molecule has 1 aliphatic heterocycles. The summed E-state index contributed by atoms with van der Waals surface area (Å²) in [6.07, 6.45) is 7.31. The number of carbonyl (C=O) groups excluding carboxylic acids is 2. The van der Waals surface area contributed by atoms with Crippen molar-refractivity contribution in [1.82, 2.24) is 14.8 Å². The first-order valence-corrected chi connectivity index (χ1v) is 12.8.